The maximum Gasteiger partial charge on any atom is 0.255 e. The van der Waals surface area contributed by atoms with Crippen LogP contribution in [0.25, 0.3) is 5.76 Å². The molecule has 3 aliphatic carbocycles. The van der Waals surface area contributed by atoms with Gasteiger partial charge in [0.2, 0.25) is 11.4 Å². The number of phenols is 1. The fraction of sp³-hybridized carbons (Fsp3) is 0.435. The molecule has 5 unspecified atom stereocenters. The number of hydrogen-bond donors (Lipinski definition) is 7. The summed E-state index contributed by atoms with van der Waals surface area (Å²) in [4.78, 5) is 40.2. The van der Waals surface area contributed by atoms with Crippen LogP contribution in [0.4, 0.5) is 0 Å². The van der Waals surface area contributed by atoms with Gasteiger partial charge in [-0.2, -0.15) is 0 Å². The molecular weight excluding hydrogens is 500 g/mol. The number of likely N-dealkylation sites (N-methyl/N-ethyl adjacent to an activating group) is 1. The van der Waals surface area contributed by atoms with E-state index in [1.54, 1.807) is 0 Å². The van der Waals surface area contributed by atoms with Crippen molar-refractivity contribution in [3.05, 3.63) is 39.1 Å². The molecule has 194 valence electrons. The number of ketones is 2. The Balaban J connectivity index is 2.13. The summed E-state index contributed by atoms with van der Waals surface area (Å²) >= 11 is 6.41. The molecule has 1 saturated carbocycles. The van der Waals surface area contributed by atoms with Crippen LogP contribution in [-0.4, -0.2) is 91.5 Å². The van der Waals surface area contributed by atoms with Crippen LogP contribution in [0, 0.1) is 5.92 Å². The minimum Gasteiger partial charge on any atom is -0.508 e. The van der Waals surface area contributed by atoms with E-state index in [-0.39, 0.29) is 16.3 Å². The molecule has 0 aromatic heterocycles. The Morgan fingerprint density at radius 3 is 2.28 bits per heavy atom. The number of rotatable bonds is 3. The molecule has 0 saturated heterocycles. The number of aliphatic hydroxyl groups excluding tert-OH is 2. The molecule has 5 atom stereocenters. The molecule has 1 fully saturated rings. The average Bonchev–Trinajstić information content (AvgIpc) is 2.75. The molecular formula is C23H25ClN2O10. The first-order valence-corrected chi connectivity index (χ1v) is 11.1. The number of carbonyl (C=O) groups is 3. The Morgan fingerprint density at radius 1 is 1.19 bits per heavy atom. The first-order chi connectivity index (χ1) is 16.5. The summed E-state index contributed by atoms with van der Waals surface area (Å²) in [7, 11) is 3.89. The lowest BCUT2D eigenvalue weighted by molar-refractivity contribution is -0.210. The SMILES string of the molecule is COc1cc(O)c2c(c1Cl)C(C)(O)C1CC3(O)C(N(C)C)C(=O)C(C(N)=O)=C(O)C3(O)C(=O)C1=C2O. The third-order valence-electron chi connectivity index (χ3n) is 7.46. The normalized spacial score (nSPS) is 33.9. The highest BCUT2D eigenvalue weighted by Gasteiger charge is 2.74. The van der Waals surface area contributed by atoms with Gasteiger partial charge in [-0.25, -0.2) is 0 Å². The maximum absolute atomic E-state index is 13.8. The van der Waals surface area contributed by atoms with Gasteiger partial charge in [0.05, 0.1) is 23.3 Å². The molecule has 0 radical (unpaired) electrons. The first kappa shape index (κ1) is 25.9. The lowest BCUT2D eigenvalue weighted by Crippen LogP contribution is -2.77. The quantitative estimate of drug-likeness (QED) is 0.248. The standard InChI is InChI=1S/C23H25ClN2O10/c1-21(33)7-6-22(34)17(26(2)3)16(29)12(20(25)32)19(31)23(22,35)18(30)10(7)15(28)11-8(27)5-9(36-4)14(24)13(11)21/h5,7,17,27-28,31,33-35H,6H2,1-4H3,(H2,25,32). The number of ether oxygens (including phenoxy) is 1. The van der Waals surface area contributed by atoms with Gasteiger partial charge in [-0.05, 0) is 27.4 Å². The molecule has 12 nitrogen and oxygen atoms in total. The van der Waals surface area contributed by atoms with E-state index in [0.717, 1.165) is 11.0 Å². The number of carbonyl (C=O) groups excluding carboxylic acids is 3. The molecule has 0 bridgehead atoms. The van der Waals surface area contributed by atoms with Crippen LogP contribution in [-0.2, 0) is 20.0 Å². The van der Waals surface area contributed by atoms with E-state index in [1.807, 2.05) is 0 Å². The van der Waals surface area contributed by atoms with Crippen LogP contribution < -0.4 is 10.5 Å². The summed E-state index contributed by atoms with van der Waals surface area (Å²) < 4.78 is 5.12. The summed E-state index contributed by atoms with van der Waals surface area (Å²) in [6, 6.07) is -0.740. The number of methoxy groups -OCH3 is 1. The molecule has 0 aliphatic heterocycles. The van der Waals surface area contributed by atoms with Crippen LogP contribution in [0.2, 0.25) is 5.02 Å². The summed E-state index contributed by atoms with van der Waals surface area (Å²) in [5, 5.41) is 67.4. The minimum atomic E-state index is -3.32. The number of benzene rings is 1. The number of fused-ring (bicyclic) bond motifs is 3. The molecule has 36 heavy (non-hydrogen) atoms. The van der Waals surface area contributed by atoms with E-state index in [4.69, 9.17) is 22.1 Å². The molecule has 1 aromatic carbocycles. The fourth-order valence-electron chi connectivity index (χ4n) is 5.83. The van der Waals surface area contributed by atoms with E-state index in [1.165, 1.54) is 28.1 Å². The van der Waals surface area contributed by atoms with Crippen molar-refractivity contribution in [2.24, 2.45) is 11.7 Å². The Morgan fingerprint density at radius 2 is 1.78 bits per heavy atom. The summed E-state index contributed by atoms with van der Waals surface area (Å²) in [5.74, 6) is -8.69. The Labute approximate surface area is 209 Å². The second-order valence-corrected chi connectivity index (χ2v) is 9.99. The molecule has 0 heterocycles. The number of hydrogen-bond acceptors (Lipinski definition) is 11. The van der Waals surface area contributed by atoms with Gasteiger partial charge in [-0.15, -0.1) is 0 Å². The molecule has 4 rings (SSSR count). The van der Waals surface area contributed by atoms with Gasteiger partial charge in [0.1, 0.15) is 34.5 Å². The molecule has 13 heteroatoms. The van der Waals surface area contributed by atoms with Crippen LogP contribution >= 0.6 is 11.6 Å². The van der Waals surface area contributed by atoms with Gasteiger partial charge in [-0.1, -0.05) is 11.6 Å². The van der Waals surface area contributed by atoms with E-state index in [0.29, 0.717) is 0 Å². The van der Waals surface area contributed by atoms with Gasteiger partial charge in [0.15, 0.2) is 11.5 Å². The lowest BCUT2D eigenvalue weighted by Gasteiger charge is -2.57. The van der Waals surface area contributed by atoms with Crippen LogP contribution in [0.5, 0.6) is 11.5 Å². The predicted molar refractivity (Wildman–Crippen MR) is 123 cm³/mol. The number of halogens is 1. The number of primary amides is 1. The van der Waals surface area contributed by atoms with Crippen molar-refractivity contribution in [2.75, 3.05) is 21.2 Å². The zero-order chi connectivity index (χ0) is 27.3. The topological polar surface area (TPSA) is 211 Å². The van der Waals surface area contributed by atoms with Gasteiger partial charge in [0.25, 0.3) is 5.91 Å². The van der Waals surface area contributed by atoms with Crippen molar-refractivity contribution in [1.29, 1.82) is 0 Å². The smallest absolute Gasteiger partial charge is 0.255 e. The van der Waals surface area contributed by atoms with Crippen molar-refractivity contribution in [3.63, 3.8) is 0 Å². The van der Waals surface area contributed by atoms with Gasteiger partial charge < -0.3 is 41.1 Å². The highest BCUT2D eigenvalue weighted by Crippen LogP contribution is 2.60. The highest BCUT2D eigenvalue weighted by atomic mass is 35.5. The van der Waals surface area contributed by atoms with E-state index in [9.17, 15) is 45.0 Å². The lowest BCUT2D eigenvalue weighted by atomic mass is 9.52. The first-order valence-electron chi connectivity index (χ1n) is 10.7. The number of aromatic hydroxyl groups is 1. The largest absolute Gasteiger partial charge is 0.508 e. The summed E-state index contributed by atoms with van der Waals surface area (Å²) in [5.41, 5.74) is -5.49. The van der Waals surface area contributed by atoms with Crippen molar-refractivity contribution >= 4 is 34.8 Å². The summed E-state index contributed by atoms with van der Waals surface area (Å²) in [6.45, 7) is 1.20. The van der Waals surface area contributed by atoms with Crippen LogP contribution in [0.15, 0.2) is 23.0 Å². The number of nitrogens with zero attached hydrogens (tertiary/aromatic N) is 1. The van der Waals surface area contributed by atoms with Crippen LogP contribution in [0.3, 0.4) is 0 Å². The average molecular weight is 525 g/mol. The van der Waals surface area contributed by atoms with Crippen molar-refractivity contribution in [1.82, 2.24) is 4.90 Å². The van der Waals surface area contributed by atoms with Crippen molar-refractivity contribution < 1.29 is 49.8 Å². The van der Waals surface area contributed by atoms with E-state index < -0.39 is 86.6 Å². The predicted octanol–water partition coefficient (Wildman–Crippen LogP) is -0.594. The van der Waals surface area contributed by atoms with Crippen LogP contribution in [0.1, 0.15) is 24.5 Å². The Bertz CT molecular complexity index is 1320. The van der Waals surface area contributed by atoms with Crippen molar-refractivity contribution in [2.45, 2.75) is 36.2 Å². The van der Waals surface area contributed by atoms with Gasteiger partial charge in [0, 0.05) is 23.1 Å². The molecule has 0 spiro atoms. The van der Waals surface area contributed by atoms with E-state index in [2.05, 4.69) is 0 Å². The van der Waals surface area contributed by atoms with Crippen molar-refractivity contribution in [3.8, 4) is 11.5 Å². The highest BCUT2D eigenvalue weighted by molar-refractivity contribution is 6.33. The monoisotopic (exact) mass is 524 g/mol. The molecule has 1 amide bonds. The Kier molecular flexibility index (Phi) is 5.52. The number of aliphatic hydroxyl groups is 5. The fourth-order valence-corrected chi connectivity index (χ4v) is 6.25. The van der Waals surface area contributed by atoms with Gasteiger partial charge in [-0.3, -0.25) is 19.3 Å². The second-order valence-electron chi connectivity index (χ2n) is 9.61. The number of Topliss-reactive ketones (excluding diaryl/α,β-unsaturated/α-hetero) is 2. The number of amides is 1. The Hall–Kier alpha value is -3.16. The second kappa shape index (κ2) is 7.67. The zero-order valence-electron chi connectivity index (χ0n) is 19.7. The molecule has 3 aliphatic rings. The number of nitrogens with two attached hydrogens (primary N) is 1. The summed E-state index contributed by atoms with van der Waals surface area (Å²) in [6.07, 6.45) is -0.778. The third-order valence-corrected chi connectivity index (χ3v) is 7.83. The minimum absolute atomic E-state index is 0.0625. The van der Waals surface area contributed by atoms with Gasteiger partial charge >= 0.3 is 0 Å². The third kappa shape index (κ3) is 2.81. The van der Waals surface area contributed by atoms with E-state index >= 15 is 0 Å². The molecule has 8 N–H and O–H groups in total. The number of phenolic OH excluding ortho intramolecular Hbond substituents is 1. The molecule has 1 aromatic rings. The maximum atomic E-state index is 13.8. The zero-order valence-corrected chi connectivity index (χ0v) is 20.4.